The van der Waals surface area contributed by atoms with Gasteiger partial charge in [0.2, 0.25) is 0 Å². The van der Waals surface area contributed by atoms with Gasteiger partial charge >= 0.3 is 0 Å². The minimum absolute atomic E-state index is 0. The summed E-state index contributed by atoms with van der Waals surface area (Å²) in [6.07, 6.45) is 44.2. The molecule has 0 aliphatic heterocycles. The second-order valence-corrected chi connectivity index (χ2v) is 29.8. The second kappa shape index (κ2) is 75.4. The molecule has 6 nitrogen and oxygen atoms in total. The van der Waals surface area contributed by atoms with Gasteiger partial charge in [0.15, 0.2) is 0 Å². The molecule has 0 saturated carbocycles. The molecule has 2 aromatic heterocycles. The summed E-state index contributed by atoms with van der Waals surface area (Å²) in [4.78, 5) is 8.44. The summed E-state index contributed by atoms with van der Waals surface area (Å²) in [5.74, 6) is 0. The van der Waals surface area contributed by atoms with Gasteiger partial charge in [0.25, 0.3) is 0 Å². The van der Waals surface area contributed by atoms with E-state index in [1.807, 2.05) is 0 Å². The molecule has 0 radical (unpaired) electrons. The molecule has 2 aromatic rings. The predicted molar refractivity (Wildman–Crippen MR) is 418 cm³/mol. The van der Waals surface area contributed by atoms with Crippen molar-refractivity contribution in [3.8, 4) is 0 Å². The van der Waals surface area contributed by atoms with Crippen LogP contribution >= 0.6 is 69.6 Å². The SMILES string of the molecule is CCCC[N+](CCCC)(CCCC)CCCC.CCCC[N+](CCCC)(CCCC)CCCC.CCCC[N+](CCCC)(CCCC)CCCC.CCCC[N+](CCCC)(CCCC)CCCC.[Ni].[Ni].[Ni].[Ni].[S-]c1c(Cl)nc(Cl)c(Cl)c1[S-].[S-]c1c(Cl)nc(Cl)c(Cl)c1[S-]. The molecule has 0 aromatic carbocycles. The van der Waals surface area contributed by atoms with Crippen LogP contribution in [-0.4, -0.2) is 133 Å². The molecule has 0 unspecified atom stereocenters. The van der Waals surface area contributed by atoms with Gasteiger partial charge in [0.1, 0.15) is 20.6 Å². The number of hydrogen-bond acceptors (Lipinski definition) is 6. The molecule has 0 aliphatic carbocycles. The number of nitrogens with zero attached hydrogens (tertiary/aromatic N) is 6. The first-order valence-corrected chi connectivity index (χ1v) is 41.1. The van der Waals surface area contributed by atoms with E-state index in [0.717, 1.165) is 0 Å². The van der Waals surface area contributed by atoms with Gasteiger partial charge in [-0.1, -0.05) is 283 Å². The zero-order chi connectivity index (χ0) is 69.1. The molecule has 0 aliphatic rings. The minimum Gasteiger partial charge on any atom is -0.779 e. The first-order valence-electron chi connectivity index (χ1n) is 37.2. The van der Waals surface area contributed by atoms with Gasteiger partial charge in [-0.05, 0) is 103 Å². The topological polar surface area (TPSA) is 25.8 Å². The van der Waals surface area contributed by atoms with Crippen LogP contribution in [0.2, 0.25) is 30.7 Å². The van der Waals surface area contributed by atoms with Crippen molar-refractivity contribution in [3.05, 3.63) is 30.7 Å². The molecule has 0 spiro atoms. The first kappa shape index (κ1) is 113. The largest absolute Gasteiger partial charge is 0.779 e. The Balaban J connectivity index is -0.000000157. The van der Waals surface area contributed by atoms with Crippen LogP contribution in [-0.2, 0) is 116 Å². The van der Waals surface area contributed by atoms with Crippen LogP contribution in [0.1, 0.15) is 316 Å². The maximum atomic E-state index is 5.63. The third kappa shape index (κ3) is 55.3. The van der Waals surface area contributed by atoms with E-state index in [1.54, 1.807) is 0 Å². The van der Waals surface area contributed by atoms with E-state index in [-0.39, 0.29) is 116 Å². The van der Waals surface area contributed by atoms with Crippen molar-refractivity contribution in [2.75, 3.05) is 105 Å². The number of hydrogen-bond donors (Lipinski definition) is 0. The quantitative estimate of drug-likeness (QED) is 0.0284. The van der Waals surface area contributed by atoms with Gasteiger partial charge in [0, 0.05) is 66.0 Å². The molecule has 0 amide bonds. The van der Waals surface area contributed by atoms with E-state index in [9.17, 15) is 0 Å². The van der Waals surface area contributed by atoms with Crippen LogP contribution in [0.15, 0.2) is 19.6 Å². The fraction of sp³-hybridized carbons (Fsp3) is 0.865. The van der Waals surface area contributed by atoms with Crippen LogP contribution in [0.4, 0.5) is 0 Å². The molecule has 0 atom stereocenters. The Morgan fingerprint density at radius 3 is 0.404 bits per heavy atom. The molecule has 0 N–H and O–H groups in total. The van der Waals surface area contributed by atoms with Gasteiger partial charge in [-0.25, -0.2) is 9.97 Å². The molecule has 0 fully saturated rings. The van der Waals surface area contributed by atoms with Gasteiger partial charge in [0.05, 0.1) is 115 Å². The van der Waals surface area contributed by atoms with E-state index in [4.69, 9.17) is 120 Å². The van der Waals surface area contributed by atoms with E-state index in [0.29, 0.717) is 0 Å². The Kier molecular flexibility index (Phi) is 90.3. The Labute approximate surface area is 678 Å². The van der Waals surface area contributed by atoms with Crippen molar-refractivity contribution in [3.63, 3.8) is 0 Å². The van der Waals surface area contributed by atoms with Crippen molar-refractivity contribution in [2.45, 2.75) is 336 Å². The molecule has 0 bridgehead atoms. The molecule has 94 heavy (non-hydrogen) atoms. The van der Waals surface area contributed by atoms with Gasteiger partial charge in [-0.15, -0.1) is 0 Å². The summed E-state index contributed by atoms with van der Waals surface area (Å²) in [6, 6.07) is 0. The number of quaternary nitrogens is 4. The average Bonchev–Trinajstić information content (AvgIpc) is 0.901. The minimum atomic E-state index is 0. The van der Waals surface area contributed by atoms with E-state index in [1.165, 1.54) is 328 Å². The number of pyridine rings is 2. The van der Waals surface area contributed by atoms with Crippen LogP contribution in [0.25, 0.3) is 0 Å². The number of rotatable bonds is 48. The number of aromatic nitrogens is 2. The van der Waals surface area contributed by atoms with Crippen LogP contribution < -0.4 is 0 Å². The summed E-state index contributed by atoms with van der Waals surface area (Å²) in [5.41, 5.74) is 0. The zero-order valence-corrected chi connectivity index (χ0v) is 74.5. The van der Waals surface area contributed by atoms with Crippen molar-refractivity contribution >= 4 is 120 Å². The summed E-state index contributed by atoms with van der Waals surface area (Å²) in [6.45, 7) is 60.1. The Morgan fingerprint density at radius 2 is 0.309 bits per heavy atom. The summed E-state index contributed by atoms with van der Waals surface area (Å²) in [7, 11) is 0. The number of unbranched alkanes of at least 4 members (excludes halogenated alkanes) is 16. The monoisotopic (exact) mass is 1690 g/mol. The van der Waals surface area contributed by atoms with Crippen LogP contribution in [0.5, 0.6) is 0 Å². The maximum absolute atomic E-state index is 5.63. The van der Waals surface area contributed by atoms with Gasteiger partial charge in [-0.3, -0.25) is 0 Å². The molecular weight excluding hydrogens is 1550 g/mol. The maximum Gasteiger partial charge on any atom is 0.147 e. The molecule has 576 valence electrons. The number of halogens is 6. The fourth-order valence-electron chi connectivity index (χ4n) is 11.5. The third-order valence-corrected chi connectivity index (χ3v) is 22.1. The molecule has 0 saturated heterocycles. The van der Waals surface area contributed by atoms with Crippen LogP contribution in [0.3, 0.4) is 0 Å². The normalized spacial score (nSPS) is 11.0. The van der Waals surface area contributed by atoms with Gasteiger partial charge < -0.3 is 68.4 Å². The Bertz CT molecular complexity index is 1540. The summed E-state index contributed by atoms with van der Waals surface area (Å²) in [5, 5.41) is 0.816. The van der Waals surface area contributed by atoms with E-state index < -0.39 is 0 Å². The molecular formula is C74H144Cl6N6Ni4S4. The fourth-order valence-corrected chi connectivity index (χ4v) is 13.6. The smallest absolute Gasteiger partial charge is 0.147 e. The standard InChI is InChI=1S/4C16H36N.2C5H2Cl3NS2.4Ni/c4*1-5-9-13-17(14-10-6-2,15-11-7-3)16-12-8-4;2*6-1-2(10)3(11)5(8)9-4(1)7;;;;/h4*5-16H2,1-4H3;2*11H,(H,9,10);;;;/q4*+1;;;;;;/p-4. The van der Waals surface area contributed by atoms with Crippen molar-refractivity contribution < 1.29 is 83.9 Å². The predicted octanol–water partition coefficient (Wildman–Crippen LogP) is 25.7. The Hall–Kier alpha value is 2.73. The Morgan fingerprint density at radius 1 is 0.202 bits per heavy atom. The second-order valence-electron chi connectivity index (χ2n) is 25.9. The van der Waals surface area contributed by atoms with Crippen LogP contribution in [0, 0.1) is 0 Å². The zero-order valence-electron chi connectivity index (χ0n) is 62.8. The first-order chi connectivity index (χ1) is 43.0. The summed E-state index contributed by atoms with van der Waals surface area (Å²) < 4.78 is 5.68. The molecule has 2 rings (SSSR count). The molecule has 2 heterocycles. The van der Waals surface area contributed by atoms with E-state index >= 15 is 0 Å². The third-order valence-electron chi connectivity index (χ3n) is 17.7. The van der Waals surface area contributed by atoms with Crippen molar-refractivity contribution in [1.29, 1.82) is 0 Å². The molecule has 20 heteroatoms. The van der Waals surface area contributed by atoms with Crippen molar-refractivity contribution in [1.82, 2.24) is 9.97 Å². The average molecular weight is 1690 g/mol. The van der Waals surface area contributed by atoms with E-state index in [2.05, 4.69) is 121 Å². The summed E-state index contributed by atoms with van der Waals surface area (Å²) >= 11 is 52.7. The van der Waals surface area contributed by atoms with Crippen molar-refractivity contribution in [2.24, 2.45) is 0 Å². The van der Waals surface area contributed by atoms with Gasteiger partial charge in [-0.2, -0.15) is 19.6 Å².